The summed E-state index contributed by atoms with van der Waals surface area (Å²) in [5.74, 6) is -1.85. The molecule has 5 nitrogen and oxygen atoms in total. The average Bonchev–Trinajstić information content (AvgIpc) is 2.25. The second-order valence-electron chi connectivity index (χ2n) is 3.42. The van der Waals surface area contributed by atoms with Gasteiger partial charge in [-0.2, -0.15) is 13.2 Å². The Kier molecular flexibility index (Phi) is 4.47. The summed E-state index contributed by atoms with van der Waals surface area (Å²) in [6, 6.07) is 2.33. The Morgan fingerprint density at radius 3 is 2.16 bits per heavy atom. The van der Waals surface area contributed by atoms with Gasteiger partial charge in [-0.1, -0.05) is 6.07 Å². The van der Waals surface area contributed by atoms with E-state index in [0.29, 0.717) is 6.07 Å². The summed E-state index contributed by atoms with van der Waals surface area (Å²) < 4.78 is 81.6. The van der Waals surface area contributed by atoms with Crippen molar-refractivity contribution >= 4 is 29.6 Å². The van der Waals surface area contributed by atoms with Crippen molar-refractivity contribution in [2.45, 2.75) is 11.2 Å². The van der Waals surface area contributed by atoms with E-state index in [1.807, 2.05) is 0 Å². The lowest BCUT2D eigenvalue weighted by Crippen LogP contribution is -2.17. The van der Waals surface area contributed by atoms with Crippen LogP contribution in [0.15, 0.2) is 23.2 Å². The zero-order valence-electron chi connectivity index (χ0n) is 9.05. The summed E-state index contributed by atoms with van der Waals surface area (Å²) in [6.07, 6.45) is -4.79. The summed E-state index contributed by atoms with van der Waals surface area (Å²) in [5.41, 5.74) is -1.37. The fourth-order valence-electron chi connectivity index (χ4n) is 1.06. The molecule has 108 valence electrons. The second kappa shape index (κ2) is 5.25. The van der Waals surface area contributed by atoms with Crippen LogP contribution in [0.3, 0.4) is 0 Å². The quantitative estimate of drug-likeness (QED) is 0.777. The molecular formula is C8H7ClF3NO4S2. The van der Waals surface area contributed by atoms with Gasteiger partial charge in [0.05, 0.1) is 11.5 Å². The van der Waals surface area contributed by atoms with Crippen LogP contribution in [0.25, 0.3) is 0 Å². The molecule has 0 aliphatic rings. The number of pyridine rings is 1. The minimum atomic E-state index is -4.79. The number of nitrogens with zero attached hydrogens (tertiary/aromatic N) is 1. The average molecular weight is 338 g/mol. The first-order chi connectivity index (χ1) is 8.42. The Morgan fingerprint density at radius 2 is 1.68 bits per heavy atom. The molecule has 0 radical (unpaired) electrons. The van der Waals surface area contributed by atoms with Crippen LogP contribution in [-0.2, 0) is 25.1 Å². The highest BCUT2D eigenvalue weighted by Gasteiger charge is 2.33. The molecule has 0 amide bonds. The number of hydrogen-bond acceptors (Lipinski definition) is 5. The first kappa shape index (κ1) is 16.2. The Balaban J connectivity index is 3.09. The zero-order chi connectivity index (χ0) is 14.9. The Morgan fingerprint density at radius 1 is 1.11 bits per heavy atom. The van der Waals surface area contributed by atoms with E-state index in [0.717, 1.165) is 12.1 Å². The third kappa shape index (κ3) is 4.96. The highest BCUT2D eigenvalue weighted by molar-refractivity contribution is 8.14. The van der Waals surface area contributed by atoms with E-state index in [2.05, 4.69) is 4.98 Å². The summed E-state index contributed by atoms with van der Waals surface area (Å²) in [6.45, 7) is 0. The summed E-state index contributed by atoms with van der Waals surface area (Å²) in [7, 11) is -3.47. The Labute approximate surface area is 111 Å². The van der Waals surface area contributed by atoms with Crippen molar-refractivity contribution in [1.82, 2.24) is 4.98 Å². The fourth-order valence-corrected chi connectivity index (χ4v) is 4.03. The van der Waals surface area contributed by atoms with Crippen LogP contribution < -0.4 is 0 Å². The van der Waals surface area contributed by atoms with Gasteiger partial charge in [-0.3, -0.25) is 0 Å². The molecule has 19 heavy (non-hydrogen) atoms. The summed E-state index contributed by atoms with van der Waals surface area (Å²) in [5, 5.41) is -0.845. The van der Waals surface area contributed by atoms with Crippen molar-refractivity contribution in [2.75, 3.05) is 11.5 Å². The van der Waals surface area contributed by atoms with Crippen LogP contribution in [0.1, 0.15) is 5.69 Å². The molecule has 0 atom stereocenters. The molecule has 0 aromatic carbocycles. The van der Waals surface area contributed by atoms with Crippen LogP contribution in [-0.4, -0.2) is 33.3 Å². The van der Waals surface area contributed by atoms with Gasteiger partial charge in [0, 0.05) is 10.7 Å². The van der Waals surface area contributed by atoms with Crippen molar-refractivity contribution in [3.05, 3.63) is 23.9 Å². The lowest BCUT2D eigenvalue weighted by atomic mass is 10.3. The number of sulfone groups is 1. The molecule has 1 rings (SSSR count). The van der Waals surface area contributed by atoms with E-state index in [4.69, 9.17) is 10.7 Å². The molecular weight excluding hydrogens is 331 g/mol. The maximum atomic E-state index is 12.4. The number of rotatable bonds is 4. The van der Waals surface area contributed by atoms with Gasteiger partial charge in [-0.25, -0.2) is 21.8 Å². The predicted molar refractivity (Wildman–Crippen MR) is 60.9 cm³/mol. The maximum Gasteiger partial charge on any atom is 0.433 e. The molecule has 1 aromatic heterocycles. The third-order valence-electron chi connectivity index (χ3n) is 1.93. The third-order valence-corrected chi connectivity index (χ3v) is 4.95. The molecule has 0 aliphatic heterocycles. The SMILES string of the molecule is O=S(=O)(Cl)CCS(=O)(=O)c1cccc(C(F)(F)F)n1. The molecule has 1 heterocycles. The molecule has 0 N–H and O–H groups in total. The van der Waals surface area contributed by atoms with E-state index < -0.39 is 47.3 Å². The van der Waals surface area contributed by atoms with E-state index in [1.165, 1.54) is 0 Å². The predicted octanol–water partition coefficient (Wildman–Crippen LogP) is 1.44. The van der Waals surface area contributed by atoms with Gasteiger partial charge in [-0.15, -0.1) is 0 Å². The zero-order valence-corrected chi connectivity index (χ0v) is 11.4. The van der Waals surface area contributed by atoms with Crippen LogP contribution in [0.2, 0.25) is 0 Å². The number of halogens is 4. The van der Waals surface area contributed by atoms with Crippen molar-refractivity contribution in [3.8, 4) is 0 Å². The van der Waals surface area contributed by atoms with Gasteiger partial charge in [0.2, 0.25) is 9.05 Å². The minimum absolute atomic E-state index is 0.608. The molecule has 0 aliphatic carbocycles. The number of aromatic nitrogens is 1. The molecule has 0 unspecified atom stereocenters. The number of hydrogen-bond donors (Lipinski definition) is 0. The standard InChI is InChI=1S/C8H7ClF3NO4S2/c9-19(16,17)5-4-18(14,15)7-3-1-2-6(13-7)8(10,11)12/h1-3H,4-5H2. The van der Waals surface area contributed by atoms with E-state index in [-0.39, 0.29) is 0 Å². The van der Waals surface area contributed by atoms with Crippen molar-refractivity contribution in [2.24, 2.45) is 0 Å². The monoisotopic (exact) mass is 337 g/mol. The highest BCUT2D eigenvalue weighted by Crippen LogP contribution is 2.28. The largest absolute Gasteiger partial charge is 0.433 e. The minimum Gasteiger partial charge on any atom is -0.232 e. The van der Waals surface area contributed by atoms with Crippen LogP contribution in [0.5, 0.6) is 0 Å². The van der Waals surface area contributed by atoms with Gasteiger partial charge in [-0.05, 0) is 12.1 Å². The topological polar surface area (TPSA) is 81.2 Å². The van der Waals surface area contributed by atoms with Gasteiger partial charge in [0.15, 0.2) is 14.9 Å². The lowest BCUT2D eigenvalue weighted by Gasteiger charge is -2.07. The van der Waals surface area contributed by atoms with E-state index in [9.17, 15) is 30.0 Å². The first-order valence-corrected chi connectivity index (χ1v) is 8.74. The van der Waals surface area contributed by atoms with Crippen LogP contribution >= 0.6 is 10.7 Å². The smallest absolute Gasteiger partial charge is 0.232 e. The number of alkyl halides is 3. The molecule has 1 aromatic rings. The van der Waals surface area contributed by atoms with Gasteiger partial charge < -0.3 is 0 Å². The van der Waals surface area contributed by atoms with Crippen LogP contribution in [0, 0.1) is 0 Å². The van der Waals surface area contributed by atoms with E-state index in [1.54, 1.807) is 0 Å². The van der Waals surface area contributed by atoms with Gasteiger partial charge in [0.25, 0.3) is 0 Å². The summed E-state index contributed by atoms with van der Waals surface area (Å²) in [4.78, 5) is 2.97. The Hall–Kier alpha value is -0.870. The second-order valence-corrected chi connectivity index (χ2v) is 8.37. The van der Waals surface area contributed by atoms with Gasteiger partial charge >= 0.3 is 6.18 Å². The van der Waals surface area contributed by atoms with E-state index >= 15 is 0 Å². The van der Waals surface area contributed by atoms with Crippen molar-refractivity contribution in [1.29, 1.82) is 0 Å². The summed E-state index contributed by atoms with van der Waals surface area (Å²) >= 11 is 0. The molecule has 0 saturated carbocycles. The highest BCUT2D eigenvalue weighted by atomic mass is 35.7. The molecule has 0 spiro atoms. The maximum absolute atomic E-state index is 12.4. The fraction of sp³-hybridized carbons (Fsp3) is 0.375. The molecule has 0 fully saturated rings. The molecule has 0 saturated heterocycles. The van der Waals surface area contributed by atoms with Crippen molar-refractivity contribution in [3.63, 3.8) is 0 Å². The Bertz CT molecular complexity index is 669. The molecule has 11 heteroatoms. The molecule has 0 bridgehead atoms. The lowest BCUT2D eigenvalue weighted by molar-refractivity contribution is -0.141. The normalized spacial score (nSPS) is 13.5. The first-order valence-electron chi connectivity index (χ1n) is 4.61. The van der Waals surface area contributed by atoms with Crippen LogP contribution in [0.4, 0.5) is 13.2 Å². The van der Waals surface area contributed by atoms with Gasteiger partial charge in [0.1, 0.15) is 5.69 Å². The van der Waals surface area contributed by atoms with Crippen molar-refractivity contribution < 1.29 is 30.0 Å².